The van der Waals surface area contributed by atoms with Gasteiger partial charge >= 0.3 is 0 Å². The van der Waals surface area contributed by atoms with Gasteiger partial charge in [-0.1, -0.05) is 19.9 Å². The first kappa shape index (κ1) is 23.0. The molecule has 0 unspecified atom stereocenters. The Morgan fingerprint density at radius 2 is 1.94 bits per heavy atom. The van der Waals surface area contributed by atoms with Crippen LogP contribution < -0.4 is 15.5 Å². The van der Waals surface area contributed by atoms with E-state index >= 15 is 0 Å². The van der Waals surface area contributed by atoms with E-state index in [0.717, 1.165) is 22.6 Å². The summed E-state index contributed by atoms with van der Waals surface area (Å²) in [6.45, 7) is 10.1. The van der Waals surface area contributed by atoms with Crippen LogP contribution in [-0.4, -0.2) is 20.6 Å². The lowest BCUT2D eigenvalue weighted by Crippen LogP contribution is -2.29. The highest BCUT2D eigenvalue weighted by Gasteiger charge is 2.41. The number of rotatable bonds is 6. The molecule has 0 bridgehead atoms. The van der Waals surface area contributed by atoms with E-state index in [9.17, 15) is 4.79 Å². The van der Waals surface area contributed by atoms with Crippen LogP contribution in [0.25, 0.3) is 0 Å². The van der Waals surface area contributed by atoms with Crippen molar-refractivity contribution in [2.45, 2.75) is 52.7 Å². The van der Waals surface area contributed by atoms with E-state index in [1.165, 1.54) is 5.56 Å². The van der Waals surface area contributed by atoms with Crippen LogP contribution in [0.3, 0.4) is 0 Å². The second-order valence-electron chi connectivity index (χ2n) is 9.13. The Hall–Kier alpha value is -3.19. The number of carbonyl (C=O) groups is 1. The molecule has 7 heteroatoms. The second kappa shape index (κ2) is 9.35. The summed E-state index contributed by atoms with van der Waals surface area (Å²) in [5, 5.41) is 7.17. The fraction of sp³-hybridized carbons (Fsp3) is 0.346. The Morgan fingerprint density at radius 1 is 1.15 bits per heavy atom. The van der Waals surface area contributed by atoms with Gasteiger partial charge in [0.15, 0.2) is 5.11 Å². The van der Waals surface area contributed by atoms with Gasteiger partial charge in [-0.3, -0.25) is 9.78 Å². The number of nitrogens with zero attached hydrogens (tertiary/aromatic N) is 3. The lowest BCUT2D eigenvalue weighted by molar-refractivity contribution is -0.118. The molecule has 33 heavy (non-hydrogen) atoms. The molecular formula is C26H31N5OS. The zero-order valence-electron chi connectivity index (χ0n) is 19.7. The monoisotopic (exact) mass is 461 g/mol. The Bertz CT molecular complexity index is 1150. The van der Waals surface area contributed by atoms with Crippen molar-refractivity contribution in [3.05, 3.63) is 77.9 Å². The maximum absolute atomic E-state index is 12.2. The van der Waals surface area contributed by atoms with Gasteiger partial charge in [-0.05, 0) is 80.5 Å². The van der Waals surface area contributed by atoms with Crippen molar-refractivity contribution in [1.82, 2.24) is 14.9 Å². The number of amides is 1. The summed E-state index contributed by atoms with van der Waals surface area (Å²) in [4.78, 5) is 19.0. The Balaban J connectivity index is 1.74. The van der Waals surface area contributed by atoms with Gasteiger partial charge in [0, 0.05) is 41.9 Å². The van der Waals surface area contributed by atoms with Crippen molar-refractivity contribution in [2.75, 3.05) is 10.2 Å². The fourth-order valence-corrected chi connectivity index (χ4v) is 4.46. The zero-order chi connectivity index (χ0) is 23.7. The molecule has 6 nitrogen and oxygen atoms in total. The van der Waals surface area contributed by atoms with Gasteiger partial charge in [0.05, 0.1) is 17.8 Å². The molecule has 1 saturated heterocycles. The van der Waals surface area contributed by atoms with Crippen molar-refractivity contribution < 1.29 is 4.79 Å². The number of thiocarbonyl (C=S) groups is 1. The van der Waals surface area contributed by atoms with Gasteiger partial charge in [-0.2, -0.15) is 0 Å². The number of nitrogens with one attached hydrogen (secondary N) is 2. The molecule has 1 aliphatic rings. The number of hydrogen-bond acceptors (Lipinski definition) is 3. The van der Waals surface area contributed by atoms with Gasteiger partial charge < -0.3 is 20.1 Å². The quantitative estimate of drug-likeness (QED) is 0.472. The highest BCUT2D eigenvalue weighted by Crippen LogP contribution is 2.42. The van der Waals surface area contributed by atoms with Crippen molar-refractivity contribution >= 4 is 34.6 Å². The largest absolute Gasteiger partial charge is 0.351 e. The molecule has 0 aliphatic carbocycles. The van der Waals surface area contributed by atoms with Crippen molar-refractivity contribution in [3.63, 3.8) is 0 Å². The first-order chi connectivity index (χ1) is 15.8. The van der Waals surface area contributed by atoms with Crippen molar-refractivity contribution in [3.8, 4) is 0 Å². The lowest BCUT2D eigenvalue weighted by atomic mass is 9.98. The van der Waals surface area contributed by atoms with E-state index in [1.54, 1.807) is 0 Å². The number of carbonyl (C=O) groups excluding carboxylic acids is 1. The molecule has 2 N–H and O–H groups in total. The molecule has 3 heterocycles. The minimum Gasteiger partial charge on any atom is -0.351 e. The Kier molecular flexibility index (Phi) is 6.51. The number of pyridine rings is 1. The van der Waals surface area contributed by atoms with Gasteiger partial charge in [0.1, 0.15) is 0 Å². The molecule has 172 valence electrons. The van der Waals surface area contributed by atoms with Crippen LogP contribution in [0, 0.1) is 12.8 Å². The van der Waals surface area contributed by atoms with E-state index in [2.05, 4.69) is 63.5 Å². The molecule has 0 radical (unpaired) electrons. The number of hydrogen-bond donors (Lipinski definition) is 2. The van der Waals surface area contributed by atoms with E-state index in [1.807, 2.05) is 57.3 Å². The van der Waals surface area contributed by atoms with Crippen LogP contribution in [0.15, 0.2) is 61.1 Å². The summed E-state index contributed by atoms with van der Waals surface area (Å²) < 4.78 is 2.21. The average Bonchev–Trinajstić information content (AvgIpc) is 3.40. The zero-order valence-corrected chi connectivity index (χ0v) is 20.6. The van der Waals surface area contributed by atoms with Gasteiger partial charge in [-0.15, -0.1) is 0 Å². The fourth-order valence-electron chi connectivity index (χ4n) is 4.11. The molecule has 0 spiro atoms. The van der Waals surface area contributed by atoms with Crippen LogP contribution in [0.5, 0.6) is 0 Å². The first-order valence-corrected chi connectivity index (χ1v) is 11.8. The standard InChI is InChI=1S/C26H31N5OS/c1-16(2)25(32)28-21-10-9-20(14-18(21)5)31-24(19-11-13-30(15-19)17(3)4)23(29-26(31)33)22-8-6-7-12-27-22/h6-17,23-24H,1-5H3,(H,28,32)(H,29,33)/t23-,24-/m0/s1. The minimum absolute atomic E-state index is 0.00678. The van der Waals surface area contributed by atoms with Gasteiger partial charge in [0.2, 0.25) is 5.91 Å². The molecule has 3 aromatic rings. The maximum atomic E-state index is 12.2. The molecule has 1 aliphatic heterocycles. The molecule has 1 aromatic carbocycles. The van der Waals surface area contributed by atoms with Gasteiger partial charge in [0.25, 0.3) is 0 Å². The highest BCUT2D eigenvalue weighted by molar-refractivity contribution is 7.80. The number of benzene rings is 1. The summed E-state index contributed by atoms with van der Waals surface area (Å²) in [5.41, 5.74) is 4.90. The van der Waals surface area contributed by atoms with E-state index in [0.29, 0.717) is 11.2 Å². The number of aromatic nitrogens is 2. The average molecular weight is 462 g/mol. The van der Waals surface area contributed by atoms with Crippen molar-refractivity contribution in [1.29, 1.82) is 0 Å². The van der Waals surface area contributed by atoms with Crippen LogP contribution in [-0.2, 0) is 4.79 Å². The smallest absolute Gasteiger partial charge is 0.226 e. The van der Waals surface area contributed by atoms with Crippen molar-refractivity contribution in [2.24, 2.45) is 5.92 Å². The third kappa shape index (κ3) is 4.64. The SMILES string of the molecule is Cc1cc(N2C(=S)N[C@@H](c3ccccn3)[C@@H]2c2ccn(C(C)C)c2)ccc1NC(=O)C(C)C. The van der Waals surface area contributed by atoms with E-state index in [-0.39, 0.29) is 23.9 Å². The predicted molar refractivity (Wildman–Crippen MR) is 137 cm³/mol. The minimum atomic E-state index is -0.0812. The number of anilines is 2. The molecule has 1 fully saturated rings. The normalized spacial score (nSPS) is 18.2. The maximum Gasteiger partial charge on any atom is 0.226 e. The predicted octanol–water partition coefficient (Wildman–Crippen LogP) is 5.54. The number of aryl methyl sites for hydroxylation is 1. The molecule has 2 atom stereocenters. The van der Waals surface area contributed by atoms with Gasteiger partial charge in [-0.25, -0.2) is 0 Å². The third-order valence-electron chi connectivity index (χ3n) is 6.04. The second-order valence-corrected chi connectivity index (χ2v) is 9.51. The van der Waals surface area contributed by atoms with Crippen LogP contribution in [0.1, 0.15) is 62.6 Å². The van der Waals surface area contributed by atoms with Crippen LogP contribution in [0.4, 0.5) is 11.4 Å². The van der Waals surface area contributed by atoms with Crippen LogP contribution >= 0.6 is 12.2 Å². The van der Waals surface area contributed by atoms with E-state index < -0.39 is 0 Å². The first-order valence-electron chi connectivity index (χ1n) is 11.4. The topological polar surface area (TPSA) is 62.2 Å². The molecule has 0 saturated carbocycles. The summed E-state index contributed by atoms with van der Waals surface area (Å²) in [5.74, 6) is -0.0692. The Labute approximate surface area is 201 Å². The van der Waals surface area contributed by atoms with E-state index in [4.69, 9.17) is 12.2 Å². The van der Waals surface area contributed by atoms with Crippen LogP contribution in [0.2, 0.25) is 0 Å². The molecule has 4 rings (SSSR count). The lowest BCUT2D eigenvalue weighted by Gasteiger charge is -2.28. The highest BCUT2D eigenvalue weighted by atomic mass is 32.1. The third-order valence-corrected chi connectivity index (χ3v) is 6.36. The summed E-state index contributed by atoms with van der Waals surface area (Å²) in [7, 11) is 0. The Morgan fingerprint density at radius 3 is 2.55 bits per heavy atom. The summed E-state index contributed by atoms with van der Waals surface area (Å²) in [6, 6.07) is 14.4. The summed E-state index contributed by atoms with van der Waals surface area (Å²) in [6.07, 6.45) is 6.12. The molecular weight excluding hydrogens is 430 g/mol. The summed E-state index contributed by atoms with van der Waals surface area (Å²) >= 11 is 5.83. The molecule has 2 aromatic heterocycles. The molecule has 1 amide bonds.